The van der Waals surface area contributed by atoms with Crippen LogP contribution >= 0.6 is 22.9 Å². The van der Waals surface area contributed by atoms with Crippen LogP contribution in [0, 0.1) is 13.8 Å². The number of thiophene rings is 1. The third-order valence-electron chi connectivity index (χ3n) is 2.62. The summed E-state index contributed by atoms with van der Waals surface area (Å²) in [4.78, 5) is 5.54. The molecule has 0 amide bonds. The van der Waals surface area contributed by atoms with Gasteiger partial charge in [-0.25, -0.2) is 5.43 Å². The molecule has 0 aliphatic heterocycles. The minimum Gasteiger partial charge on any atom is -0.271 e. The van der Waals surface area contributed by atoms with E-state index in [1.54, 1.807) is 0 Å². The first-order valence-electron chi connectivity index (χ1n) is 5.27. The van der Waals surface area contributed by atoms with Gasteiger partial charge in [0.1, 0.15) is 0 Å². The number of aryl methyl sites for hydroxylation is 2. The molecule has 0 bridgehead atoms. The highest BCUT2D eigenvalue weighted by Gasteiger charge is 2.17. The predicted molar refractivity (Wildman–Crippen MR) is 72.2 cm³/mol. The van der Waals surface area contributed by atoms with E-state index in [-0.39, 0.29) is 6.04 Å². The molecule has 2 rings (SSSR count). The summed E-state index contributed by atoms with van der Waals surface area (Å²) >= 11 is 7.47. The Bertz CT molecular complexity index is 524. The van der Waals surface area contributed by atoms with Crippen molar-refractivity contribution in [3.63, 3.8) is 0 Å². The fourth-order valence-electron chi connectivity index (χ4n) is 1.81. The first kappa shape index (κ1) is 12.5. The summed E-state index contributed by atoms with van der Waals surface area (Å²) in [6.07, 6.45) is 0. The summed E-state index contributed by atoms with van der Waals surface area (Å²) < 4.78 is 0.762. The third-order valence-corrected chi connectivity index (χ3v) is 3.92. The summed E-state index contributed by atoms with van der Waals surface area (Å²) in [6, 6.07) is 7.85. The molecule has 0 saturated heterocycles. The second kappa shape index (κ2) is 5.14. The van der Waals surface area contributed by atoms with E-state index in [0.29, 0.717) is 0 Å². The van der Waals surface area contributed by atoms with Gasteiger partial charge in [0.2, 0.25) is 0 Å². The maximum atomic E-state index is 5.95. The van der Waals surface area contributed by atoms with Gasteiger partial charge in [0, 0.05) is 16.3 Å². The first-order chi connectivity index (χ1) is 8.11. The normalized spacial score (nSPS) is 12.7. The molecule has 5 heteroatoms. The molecule has 0 aliphatic carbocycles. The average molecular weight is 268 g/mol. The van der Waals surface area contributed by atoms with Crippen molar-refractivity contribution in [1.29, 1.82) is 0 Å². The Morgan fingerprint density at radius 2 is 2.06 bits per heavy atom. The van der Waals surface area contributed by atoms with Crippen LogP contribution in [0.25, 0.3) is 0 Å². The van der Waals surface area contributed by atoms with E-state index in [9.17, 15) is 0 Å². The molecule has 1 unspecified atom stereocenters. The largest absolute Gasteiger partial charge is 0.271 e. The minimum atomic E-state index is -0.0550. The minimum absolute atomic E-state index is 0.0550. The summed E-state index contributed by atoms with van der Waals surface area (Å²) in [5, 5.41) is 0. The van der Waals surface area contributed by atoms with E-state index in [4.69, 9.17) is 17.4 Å². The van der Waals surface area contributed by atoms with E-state index in [1.165, 1.54) is 11.3 Å². The highest BCUT2D eigenvalue weighted by Crippen LogP contribution is 2.31. The van der Waals surface area contributed by atoms with Gasteiger partial charge in [0.15, 0.2) is 0 Å². The number of aromatic nitrogens is 1. The quantitative estimate of drug-likeness (QED) is 0.664. The predicted octanol–water partition coefficient (Wildman–Crippen LogP) is 2.97. The van der Waals surface area contributed by atoms with E-state index in [1.807, 2.05) is 32.0 Å². The number of hydrazine groups is 1. The molecule has 17 heavy (non-hydrogen) atoms. The average Bonchev–Trinajstić information content (AvgIpc) is 2.69. The fraction of sp³-hybridized carbons (Fsp3) is 0.250. The maximum absolute atomic E-state index is 5.95. The first-order valence-corrected chi connectivity index (χ1v) is 6.46. The lowest BCUT2D eigenvalue weighted by Gasteiger charge is -2.16. The van der Waals surface area contributed by atoms with Gasteiger partial charge < -0.3 is 0 Å². The molecule has 3 N–H and O–H groups in total. The van der Waals surface area contributed by atoms with Crippen molar-refractivity contribution in [3.8, 4) is 0 Å². The van der Waals surface area contributed by atoms with Crippen LogP contribution in [0.3, 0.4) is 0 Å². The van der Waals surface area contributed by atoms with Crippen LogP contribution < -0.4 is 11.3 Å². The molecule has 0 aromatic carbocycles. The lowest BCUT2D eigenvalue weighted by Crippen LogP contribution is -2.29. The molecule has 2 aromatic heterocycles. The molecule has 0 aliphatic rings. The van der Waals surface area contributed by atoms with Crippen LogP contribution in [-0.2, 0) is 0 Å². The Hall–Kier alpha value is -0.940. The molecule has 0 saturated carbocycles. The molecule has 90 valence electrons. The molecule has 0 spiro atoms. The van der Waals surface area contributed by atoms with Gasteiger partial charge in [-0.1, -0.05) is 17.7 Å². The highest BCUT2D eigenvalue weighted by molar-refractivity contribution is 7.16. The van der Waals surface area contributed by atoms with Crippen molar-refractivity contribution < 1.29 is 0 Å². The van der Waals surface area contributed by atoms with Crippen LogP contribution in [0.1, 0.15) is 27.9 Å². The van der Waals surface area contributed by atoms with Gasteiger partial charge in [0.05, 0.1) is 10.4 Å². The van der Waals surface area contributed by atoms with Crippen LogP contribution in [0.4, 0.5) is 0 Å². The number of hydrogen-bond acceptors (Lipinski definition) is 4. The van der Waals surface area contributed by atoms with Crippen LogP contribution in [0.2, 0.25) is 4.34 Å². The Balaban J connectivity index is 2.42. The molecule has 2 aromatic rings. The Morgan fingerprint density at radius 3 is 2.59 bits per heavy atom. The van der Waals surface area contributed by atoms with E-state index >= 15 is 0 Å². The van der Waals surface area contributed by atoms with E-state index in [2.05, 4.69) is 16.5 Å². The molecular formula is C12H14ClN3S. The molecule has 0 fully saturated rings. The van der Waals surface area contributed by atoms with Crippen molar-refractivity contribution in [1.82, 2.24) is 10.4 Å². The maximum Gasteiger partial charge on any atom is 0.0931 e. The van der Waals surface area contributed by atoms with Crippen molar-refractivity contribution in [2.24, 2.45) is 5.84 Å². The second-order valence-electron chi connectivity index (χ2n) is 3.87. The second-order valence-corrected chi connectivity index (χ2v) is 5.62. The highest BCUT2D eigenvalue weighted by atomic mass is 35.5. The van der Waals surface area contributed by atoms with Gasteiger partial charge in [-0.15, -0.1) is 11.3 Å². The number of rotatable bonds is 3. The summed E-state index contributed by atoms with van der Waals surface area (Å²) in [7, 11) is 0. The van der Waals surface area contributed by atoms with Crippen LogP contribution in [0.5, 0.6) is 0 Å². The number of hydrogen-bond donors (Lipinski definition) is 2. The van der Waals surface area contributed by atoms with Crippen LogP contribution in [0.15, 0.2) is 24.3 Å². The van der Waals surface area contributed by atoms with Crippen molar-refractivity contribution in [2.45, 2.75) is 19.9 Å². The SMILES string of the molecule is Cc1ccc(C(NN)c2ccc(Cl)s2)c(C)n1. The lowest BCUT2D eigenvalue weighted by atomic mass is 10.0. The Labute approximate surface area is 110 Å². The third kappa shape index (κ3) is 2.66. The van der Waals surface area contributed by atoms with Gasteiger partial charge in [-0.05, 0) is 37.6 Å². The number of halogens is 1. The van der Waals surface area contributed by atoms with Gasteiger partial charge >= 0.3 is 0 Å². The molecular weight excluding hydrogens is 254 g/mol. The Morgan fingerprint density at radius 1 is 1.29 bits per heavy atom. The van der Waals surface area contributed by atoms with Gasteiger partial charge in [-0.3, -0.25) is 10.8 Å². The molecule has 0 radical (unpaired) electrons. The zero-order valence-corrected chi connectivity index (χ0v) is 11.3. The number of nitrogens with zero attached hydrogens (tertiary/aromatic N) is 1. The molecule has 3 nitrogen and oxygen atoms in total. The molecule has 1 atom stereocenters. The molecule has 2 heterocycles. The topological polar surface area (TPSA) is 50.9 Å². The number of nitrogens with one attached hydrogen (secondary N) is 1. The Kier molecular flexibility index (Phi) is 3.79. The standard InChI is InChI=1S/C12H14ClN3S/c1-7-3-4-9(8(2)15-7)12(16-14)10-5-6-11(13)17-10/h3-6,12,16H,14H2,1-2H3. The zero-order valence-electron chi connectivity index (χ0n) is 9.70. The van der Waals surface area contributed by atoms with Gasteiger partial charge in [0.25, 0.3) is 0 Å². The van der Waals surface area contributed by atoms with Crippen LogP contribution in [-0.4, -0.2) is 4.98 Å². The summed E-state index contributed by atoms with van der Waals surface area (Å²) in [5.41, 5.74) is 5.89. The number of nitrogens with two attached hydrogens (primary N) is 1. The van der Waals surface area contributed by atoms with E-state index in [0.717, 1.165) is 26.2 Å². The number of pyridine rings is 1. The summed E-state index contributed by atoms with van der Waals surface area (Å²) in [6.45, 7) is 3.96. The van der Waals surface area contributed by atoms with Crippen molar-refractivity contribution >= 4 is 22.9 Å². The smallest absolute Gasteiger partial charge is 0.0931 e. The van der Waals surface area contributed by atoms with Gasteiger partial charge in [-0.2, -0.15) is 0 Å². The van der Waals surface area contributed by atoms with E-state index < -0.39 is 0 Å². The summed E-state index contributed by atoms with van der Waals surface area (Å²) in [5.74, 6) is 5.64. The fourth-order valence-corrected chi connectivity index (χ4v) is 2.95. The van der Waals surface area contributed by atoms with Crippen molar-refractivity contribution in [2.75, 3.05) is 0 Å². The van der Waals surface area contributed by atoms with Crippen molar-refractivity contribution in [3.05, 3.63) is 50.4 Å². The monoisotopic (exact) mass is 267 g/mol. The lowest BCUT2D eigenvalue weighted by molar-refractivity contribution is 0.639. The zero-order chi connectivity index (χ0) is 12.4.